The van der Waals surface area contributed by atoms with E-state index in [1.54, 1.807) is 6.20 Å². The van der Waals surface area contributed by atoms with Crippen molar-refractivity contribution in [3.63, 3.8) is 0 Å². The summed E-state index contributed by atoms with van der Waals surface area (Å²) >= 11 is 5.95. The van der Waals surface area contributed by atoms with Crippen LogP contribution in [0.4, 0.5) is 5.95 Å². The second kappa shape index (κ2) is 4.97. The molecule has 4 nitrogen and oxygen atoms in total. The van der Waals surface area contributed by atoms with Crippen LogP contribution in [0.25, 0.3) is 0 Å². The van der Waals surface area contributed by atoms with E-state index < -0.39 is 0 Å². The lowest BCUT2D eigenvalue weighted by atomic mass is 9.91. The molecule has 2 rings (SSSR count). The summed E-state index contributed by atoms with van der Waals surface area (Å²) < 4.78 is 0. The summed E-state index contributed by atoms with van der Waals surface area (Å²) in [4.78, 5) is 8.39. The van der Waals surface area contributed by atoms with Gasteiger partial charge in [0.05, 0.1) is 0 Å². The number of anilines is 1. The fourth-order valence-corrected chi connectivity index (χ4v) is 2.12. The maximum absolute atomic E-state index is 6.04. The van der Waals surface area contributed by atoms with Crippen LogP contribution in [0.5, 0.6) is 0 Å². The number of aromatic nitrogens is 2. The first-order chi connectivity index (χ1) is 7.66. The van der Waals surface area contributed by atoms with Gasteiger partial charge in [0.2, 0.25) is 5.95 Å². The molecule has 1 aliphatic carbocycles. The van der Waals surface area contributed by atoms with Crippen molar-refractivity contribution in [3.8, 4) is 0 Å². The van der Waals surface area contributed by atoms with Crippen LogP contribution in [-0.4, -0.2) is 22.1 Å². The maximum atomic E-state index is 6.04. The van der Waals surface area contributed by atoms with Gasteiger partial charge in [-0.05, 0) is 19.8 Å². The summed E-state index contributed by atoms with van der Waals surface area (Å²) in [5.74, 6) is 0.581. The van der Waals surface area contributed by atoms with E-state index in [1.807, 2.05) is 6.92 Å². The molecule has 88 valence electrons. The Morgan fingerprint density at radius 3 is 2.88 bits per heavy atom. The van der Waals surface area contributed by atoms with E-state index in [-0.39, 0.29) is 12.1 Å². The van der Waals surface area contributed by atoms with Crippen LogP contribution in [0.1, 0.15) is 31.2 Å². The molecule has 1 saturated carbocycles. The molecule has 5 heteroatoms. The number of nitrogens with zero attached hydrogens (tertiary/aromatic N) is 2. The fourth-order valence-electron chi connectivity index (χ4n) is 2.00. The molecule has 1 aliphatic rings. The third-order valence-electron chi connectivity index (χ3n) is 3.04. The van der Waals surface area contributed by atoms with Gasteiger partial charge in [0.15, 0.2) is 0 Å². The molecule has 2 unspecified atom stereocenters. The number of aryl methyl sites for hydroxylation is 1. The first-order valence-electron chi connectivity index (χ1n) is 5.68. The van der Waals surface area contributed by atoms with Crippen molar-refractivity contribution in [1.82, 2.24) is 9.97 Å². The summed E-state index contributed by atoms with van der Waals surface area (Å²) in [7, 11) is 0. The van der Waals surface area contributed by atoms with Crippen LogP contribution < -0.4 is 11.1 Å². The Balaban J connectivity index is 2.05. The number of nitrogens with one attached hydrogen (secondary N) is 1. The molecule has 0 saturated heterocycles. The van der Waals surface area contributed by atoms with Gasteiger partial charge in [0.1, 0.15) is 5.15 Å². The van der Waals surface area contributed by atoms with E-state index in [2.05, 4.69) is 15.3 Å². The third kappa shape index (κ3) is 2.62. The number of rotatable bonds is 2. The van der Waals surface area contributed by atoms with E-state index in [9.17, 15) is 0 Å². The zero-order valence-corrected chi connectivity index (χ0v) is 10.2. The van der Waals surface area contributed by atoms with Crippen LogP contribution in [0, 0.1) is 6.92 Å². The average molecular weight is 241 g/mol. The van der Waals surface area contributed by atoms with E-state index in [0.29, 0.717) is 11.1 Å². The van der Waals surface area contributed by atoms with E-state index >= 15 is 0 Å². The zero-order chi connectivity index (χ0) is 11.5. The standard InChI is InChI=1S/C11H17ClN4/c1-7-6-14-11(16-10(7)12)15-9-5-3-2-4-8(9)13/h6,8-9H,2-5,13H2,1H3,(H,14,15,16). The van der Waals surface area contributed by atoms with Crippen LogP contribution in [0.2, 0.25) is 5.15 Å². The SMILES string of the molecule is Cc1cnc(NC2CCCCC2N)nc1Cl. The minimum absolute atomic E-state index is 0.192. The highest BCUT2D eigenvalue weighted by molar-refractivity contribution is 6.30. The highest BCUT2D eigenvalue weighted by Gasteiger charge is 2.22. The molecule has 0 bridgehead atoms. The van der Waals surface area contributed by atoms with Gasteiger partial charge in [-0.25, -0.2) is 9.97 Å². The Hall–Kier alpha value is -0.870. The monoisotopic (exact) mass is 240 g/mol. The lowest BCUT2D eigenvalue weighted by Crippen LogP contribution is -2.42. The fraction of sp³-hybridized carbons (Fsp3) is 0.636. The molecule has 0 amide bonds. The van der Waals surface area contributed by atoms with Crippen molar-refractivity contribution in [2.24, 2.45) is 5.73 Å². The third-order valence-corrected chi connectivity index (χ3v) is 3.43. The largest absolute Gasteiger partial charge is 0.350 e. The van der Waals surface area contributed by atoms with Gasteiger partial charge >= 0.3 is 0 Å². The Morgan fingerprint density at radius 1 is 1.44 bits per heavy atom. The predicted octanol–water partition coefficient (Wildman–Crippen LogP) is 2.12. The molecular formula is C11H17ClN4. The highest BCUT2D eigenvalue weighted by atomic mass is 35.5. The minimum atomic E-state index is 0.192. The van der Waals surface area contributed by atoms with Gasteiger partial charge in [-0.3, -0.25) is 0 Å². The molecule has 16 heavy (non-hydrogen) atoms. The van der Waals surface area contributed by atoms with E-state index in [0.717, 1.165) is 18.4 Å². The Bertz CT molecular complexity index is 369. The summed E-state index contributed by atoms with van der Waals surface area (Å²) in [6, 6.07) is 0.463. The smallest absolute Gasteiger partial charge is 0.224 e. The molecule has 1 aromatic rings. The molecule has 0 radical (unpaired) electrons. The number of hydrogen-bond acceptors (Lipinski definition) is 4. The van der Waals surface area contributed by atoms with Crippen LogP contribution in [-0.2, 0) is 0 Å². The Kier molecular flexibility index (Phi) is 3.61. The highest BCUT2D eigenvalue weighted by Crippen LogP contribution is 2.20. The molecule has 3 N–H and O–H groups in total. The summed E-state index contributed by atoms with van der Waals surface area (Å²) in [6.45, 7) is 1.89. The topological polar surface area (TPSA) is 63.8 Å². The zero-order valence-electron chi connectivity index (χ0n) is 9.41. The lowest BCUT2D eigenvalue weighted by molar-refractivity contribution is 0.402. The Labute approximate surface area is 101 Å². The molecule has 0 aromatic carbocycles. The second-order valence-electron chi connectivity index (χ2n) is 4.37. The molecule has 1 fully saturated rings. The van der Waals surface area contributed by atoms with Crippen molar-refractivity contribution >= 4 is 17.5 Å². The van der Waals surface area contributed by atoms with Gasteiger partial charge in [-0.1, -0.05) is 24.4 Å². The molecule has 0 aliphatic heterocycles. The molecular weight excluding hydrogens is 224 g/mol. The average Bonchev–Trinajstić information content (AvgIpc) is 2.27. The van der Waals surface area contributed by atoms with Crippen LogP contribution in [0.3, 0.4) is 0 Å². The number of halogens is 1. The molecule has 1 heterocycles. The van der Waals surface area contributed by atoms with E-state index in [1.165, 1.54) is 12.8 Å². The first kappa shape index (κ1) is 11.6. The number of hydrogen-bond donors (Lipinski definition) is 2. The van der Waals surface area contributed by atoms with Crippen molar-refractivity contribution < 1.29 is 0 Å². The Morgan fingerprint density at radius 2 is 2.19 bits per heavy atom. The van der Waals surface area contributed by atoms with Crippen molar-refractivity contribution in [1.29, 1.82) is 0 Å². The van der Waals surface area contributed by atoms with Gasteiger partial charge in [0.25, 0.3) is 0 Å². The van der Waals surface area contributed by atoms with Crippen molar-refractivity contribution in [2.75, 3.05) is 5.32 Å². The van der Waals surface area contributed by atoms with Crippen LogP contribution in [0.15, 0.2) is 6.20 Å². The van der Waals surface area contributed by atoms with Gasteiger partial charge < -0.3 is 11.1 Å². The summed E-state index contributed by atoms with van der Waals surface area (Å²) in [5, 5.41) is 3.77. The molecule has 2 atom stereocenters. The minimum Gasteiger partial charge on any atom is -0.350 e. The van der Waals surface area contributed by atoms with Crippen LogP contribution >= 0.6 is 11.6 Å². The first-order valence-corrected chi connectivity index (χ1v) is 6.06. The number of nitrogens with two attached hydrogens (primary N) is 1. The van der Waals surface area contributed by atoms with Gasteiger partial charge in [-0.2, -0.15) is 0 Å². The van der Waals surface area contributed by atoms with Crippen molar-refractivity contribution in [2.45, 2.75) is 44.7 Å². The summed E-state index contributed by atoms with van der Waals surface area (Å²) in [5.41, 5.74) is 6.93. The molecule has 1 aromatic heterocycles. The second-order valence-corrected chi connectivity index (χ2v) is 4.72. The summed E-state index contributed by atoms with van der Waals surface area (Å²) in [6.07, 6.45) is 6.30. The molecule has 0 spiro atoms. The predicted molar refractivity (Wildman–Crippen MR) is 65.6 cm³/mol. The normalized spacial score (nSPS) is 25.4. The van der Waals surface area contributed by atoms with Crippen molar-refractivity contribution in [3.05, 3.63) is 16.9 Å². The lowest BCUT2D eigenvalue weighted by Gasteiger charge is -2.29. The van der Waals surface area contributed by atoms with Gasteiger partial charge in [0, 0.05) is 23.8 Å². The maximum Gasteiger partial charge on any atom is 0.224 e. The van der Waals surface area contributed by atoms with Gasteiger partial charge in [-0.15, -0.1) is 0 Å². The quantitative estimate of drug-likeness (QED) is 0.778. The van der Waals surface area contributed by atoms with E-state index in [4.69, 9.17) is 17.3 Å².